The van der Waals surface area contributed by atoms with Crippen LogP contribution < -0.4 is 5.73 Å². The van der Waals surface area contributed by atoms with Gasteiger partial charge in [-0.1, -0.05) is 0 Å². The zero-order valence-corrected chi connectivity index (χ0v) is 11.2. The molecule has 0 aromatic heterocycles. The summed E-state index contributed by atoms with van der Waals surface area (Å²) in [4.78, 5) is 0. The number of rotatable bonds is 2. The third-order valence-electron chi connectivity index (χ3n) is 3.47. The minimum atomic E-state index is -3.36. The Bertz CT molecular complexity index is 471. The summed E-state index contributed by atoms with van der Waals surface area (Å²) in [6, 6.07) is -0.0860. The molecule has 0 radical (unpaired) electrons. The van der Waals surface area contributed by atoms with E-state index in [0.29, 0.717) is 19.5 Å². The van der Waals surface area contributed by atoms with Gasteiger partial charge in [-0.25, -0.2) is 21.1 Å². The summed E-state index contributed by atoms with van der Waals surface area (Å²) < 4.78 is 48.4. The summed E-state index contributed by atoms with van der Waals surface area (Å²) in [6.45, 7) is 0.832. The zero-order valence-electron chi connectivity index (χ0n) is 9.58. The molecule has 1 unspecified atom stereocenters. The molecule has 0 aromatic carbocycles. The fourth-order valence-corrected chi connectivity index (χ4v) is 6.16. The average Bonchev–Trinajstić information content (AvgIpc) is 2.65. The van der Waals surface area contributed by atoms with Gasteiger partial charge in [-0.2, -0.15) is 0 Å². The van der Waals surface area contributed by atoms with Crippen molar-refractivity contribution in [2.45, 2.75) is 30.6 Å². The van der Waals surface area contributed by atoms with Crippen LogP contribution >= 0.6 is 0 Å². The quantitative estimate of drug-likeness (QED) is 0.695. The number of hydrogen-bond acceptors (Lipinski definition) is 5. The molecule has 2 heterocycles. The Balaban J connectivity index is 2.07. The molecular formula is C9H18N2O4S2. The molecule has 2 saturated heterocycles. The van der Waals surface area contributed by atoms with Crippen LogP contribution in [-0.2, 0) is 19.9 Å². The molecule has 2 rings (SSSR count). The van der Waals surface area contributed by atoms with Gasteiger partial charge in [0.2, 0.25) is 10.0 Å². The van der Waals surface area contributed by atoms with E-state index in [1.54, 1.807) is 0 Å². The van der Waals surface area contributed by atoms with Crippen molar-refractivity contribution in [3.8, 4) is 0 Å². The van der Waals surface area contributed by atoms with E-state index in [2.05, 4.69) is 0 Å². The molecule has 1 atom stereocenters. The Morgan fingerprint density at radius 1 is 1.12 bits per heavy atom. The first-order valence-electron chi connectivity index (χ1n) is 5.76. The van der Waals surface area contributed by atoms with Crippen molar-refractivity contribution in [2.75, 3.05) is 24.6 Å². The van der Waals surface area contributed by atoms with Crippen molar-refractivity contribution in [1.29, 1.82) is 0 Å². The fourth-order valence-electron chi connectivity index (χ4n) is 2.36. The summed E-state index contributed by atoms with van der Waals surface area (Å²) in [6.07, 6.45) is 1.12. The molecule has 6 nitrogen and oxygen atoms in total. The van der Waals surface area contributed by atoms with Gasteiger partial charge in [0, 0.05) is 19.1 Å². The van der Waals surface area contributed by atoms with Gasteiger partial charge < -0.3 is 5.73 Å². The Kier molecular flexibility index (Phi) is 3.50. The van der Waals surface area contributed by atoms with Gasteiger partial charge in [-0.15, -0.1) is 0 Å². The highest BCUT2D eigenvalue weighted by molar-refractivity contribution is 7.92. The van der Waals surface area contributed by atoms with Crippen molar-refractivity contribution < 1.29 is 16.8 Å². The lowest BCUT2D eigenvalue weighted by Crippen LogP contribution is -2.42. The average molecular weight is 282 g/mol. The maximum Gasteiger partial charge on any atom is 0.217 e. The molecule has 0 saturated carbocycles. The SMILES string of the molecule is NC1CCN(S(=O)(=O)C2CCS(=O)(=O)CC2)C1. The van der Waals surface area contributed by atoms with Crippen LogP contribution in [0.3, 0.4) is 0 Å². The molecule has 0 bridgehead atoms. The second-order valence-corrected chi connectivity index (χ2v) is 9.32. The van der Waals surface area contributed by atoms with E-state index in [9.17, 15) is 16.8 Å². The third kappa shape index (κ3) is 2.81. The summed E-state index contributed by atoms with van der Waals surface area (Å²) in [5.74, 6) is -0.0341. The maximum atomic E-state index is 12.2. The second kappa shape index (κ2) is 4.49. The van der Waals surface area contributed by atoms with Gasteiger partial charge in [0.15, 0.2) is 0 Å². The van der Waals surface area contributed by atoms with E-state index in [1.807, 2.05) is 0 Å². The molecule has 0 amide bonds. The summed E-state index contributed by atoms with van der Waals surface area (Å²) >= 11 is 0. The highest BCUT2D eigenvalue weighted by Gasteiger charge is 2.38. The molecule has 100 valence electrons. The second-order valence-electron chi connectivity index (χ2n) is 4.80. The van der Waals surface area contributed by atoms with Crippen molar-refractivity contribution in [3.05, 3.63) is 0 Å². The van der Waals surface area contributed by atoms with Crippen LogP contribution in [0.25, 0.3) is 0 Å². The Labute approximate surface area is 102 Å². The molecule has 0 spiro atoms. The molecule has 2 aliphatic heterocycles. The Morgan fingerprint density at radius 3 is 2.18 bits per heavy atom. The van der Waals surface area contributed by atoms with Gasteiger partial charge in [-0.3, -0.25) is 0 Å². The predicted molar refractivity (Wildman–Crippen MR) is 64.8 cm³/mol. The van der Waals surface area contributed by atoms with Crippen LogP contribution in [0.2, 0.25) is 0 Å². The van der Waals surface area contributed by atoms with Crippen molar-refractivity contribution in [3.63, 3.8) is 0 Å². The van der Waals surface area contributed by atoms with E-state index in [4.69, 9.17) is 5.73 Å². The van der Waals surface area contributed by atoms with Crippen molar-refractivity contribution >= 4 is 19.9 Å². The monoisotopic (exact) mass is 282 g/mol. The smallest absolute Gasteiger partial charge is 0.217 e. The van der Waals surface area contributed by atoms with Gasteiger partial charge in [0.25, 0.3) is 0 Å². The maximum absolute atomic E-state index is 12.2. The van der Waals surface area contributed by atoms with Crippen LogP contribution in [0, 0.1) is 0 Å². The van der Waals surface area contributed by atoms with Gasteiger partial charge >= 0.3 is 0 Å². The molecule has 0 aliphatic carbocycles. The van der Waals surface area contributed by atoms with Crippen molar-refractivity contribution in [2.24, 2.45) is 5.73 Å². The third-order valence-corrected chi connectivity index (χ3v) is 7.55. The van der Waals surface area contributed by atoms with E-state index in [0.717, 1.165) is 0 Å². The molecule has 8 heteroatoms. The van der Waals surface area contributed by atoms with Gasteiger partial charge in [0.05, 0.1) is 16.8 Å². The zero-order chi connectivity index (χ0) is 12.7. The first-order valence-corrected chi connectivity index (χ1v) is 9.09. The van der Waals surface area contributed by atoms with E-state index in [-0.39, 0.29) is 30.4 Å². The van der Waals surface area contributed by atoms with E-state index >= 15 is 0 Å². The Hall–Kier alpha value is -0.180. The van der Waals surface area contributed by atoms with E-state index < -0.39 is 25.1 Å². The number of nitrogens with zero attached hydrogens (tertiary/aromatic N) is 1. The van der Waals surface area contributed by atoms with Crippen LogP contribution in [0.1, 0.15) is 19.3 Å². The summed E-state index contributed by atoms with van der Waals surface area (Å²) in [5, 5.41) is -0.545. The molecule has 2 aliphatic rings. The van der Waals surface area contributed by atoms with Crippen LogP contribution in [-0.4, -0.2) is 57.0 Å². The lowest BCUT2D eigenvalue weighted by molar-refractivity contribution is 0.453. The van der Waals surface area contributed by atoms with Gasteiger partial charge in [0.1, 0.15) is 9.84 Å². The standard InChI is InChI=1S/C9H18N2O4S2/c10-8-1-4-11(7-8)17(14,15)9-2-5-16(12,13)6-3-9/h8-9H,1-7,10H2. The minimum absolute atomic E-state index is 0.0171. The number of sulfonamides is 1. The Morgan fingerprint density at radius 2 is 1.71 bits per heavy atom. The largest absolute Gasteiger partial charge is 0.326 e. The van der Waals surface area contributed by atoms with Crippen LogP contribution in [0.5, 0.6) is 0 Å². The lowest BCUT2D eigenvalue weighted by atomic mass is 10.2. The predicted octanol–water partition coefficient (Wildman–Crippen LogP) is -1.07. The van der Waals surface area contributed by atoms with E-state index in [1.165, 1.54) is 4.31 Å². The molecule has 0 aromatic rings. The number of sulfone groups is 1. The molecular weight excluding hydrogens is 264 g/mol. The number of nitrogens with two attached hydrogens (primary N) is 1. The highest BCUT2D eigenvalue weighted by atomic mass is 32.2. The summed E-state index contributed by atoms with van der Waals surface area (Å²) in [5.41, 5.74) is 5.69. The first-order chi connectivity index (χ1) is 7.81. The summed E-state index contributed by atoms with van der Waals surface area (Å²) in [7, 11) is -6.37. The molecule has 2 N–H and O–H groups in total. The highest BCUT2D eigenvalue weighted by Crippen LogP contribution is 2.24. The van der Waals surface area contributed by atoms with Gasteiger partial charge in [-0.05, 0) is 19.3 Å². The first kappa shape index (κ1) is 13.3. The number of hydrogen-bond donors (Lipinski definition) is 1. The minimum Gasteiger partial charge on any atom is -0.326 e. The fraction of sp³-hybridized carbons (Fsp3) is 1.00. The van der Waals surface area contributed by atoms with Crippen LogP contribution in [0.4, 0.5) is 0 Å². The van der Waals surface area contributed by atoms with Crippen molar-refractivity contribution in [1.82, 2.24) is 4.31 Å². The lowest BCUT2D eigenvalue weighted by Gasteiger charge is -2.26. The normalized spacial score (nSPS) is 31.7. The topological polar surface area (TPSA) is 97.5 Å². The molecule has 2 fully saturated rings. The molecule has 17 heavy (non-hydrogen) atoms. The van der Waals surface area contributed by atoms with Crippen LogP contribution in [0.15, 0.2) is 0 Å².